The number of carbonyl (C=O) groups excluding carboxylic acids is 1. The number of carbonyl (C=O) groups is 1. The molecule has 0 aliphatic heterocycles. The number of anilines is 1. The zero-order valence-corrected chi connectivity index (χ0v) is 12.1. The quantitative estimate of drug-likeness (QED) is 0.915. The minimum absolute atomic E-state index is 0.116. The van der Waals surface area contributed by atoms with Crippen LogP contribution in [0.4, 0.5) is 5.00 Å². The molecule has 0 spiro atoms. The van der Waals surface area contributed by atoms with Crippen LogP contribution in [0.2, 0.25) is 0 Å². The molecule has 1 amide bonds. The molecule has 0 unspecified atom stereocenters. The van der Waals surface area contributed by atoms with E-state index in [0.717, 1.165) is 29.7 Å². The number of amides is 1. The first-order valence-corrected chi connectivity index (χ1v) is 7.75. The van der Waals surface area contributed by atoms with Gasteiger partial charge in [0.1, 0.15) is 11.1 Å². The van der Waals surface area contributed by atoms with Crippen LogP contribution in [0.25, 0.3) is 0 Å². The van der Waals surface area contributed by atoms with Gasteiger partial charge in [-0.25, -0.2) is 0 Å². The third-order valence-corrected chi connectivity index (χ3v) is 5.43. The predicted molar refractivity (Wildman–Crippen MR) is 78.1 cm³/mol. The van der Waals surface area contributed by atoms with Gasteiger partial charge < -0.3 is 5.32 Å². The average Bonchev–Trinajstić information content (AvgIpc) is 3.04. The van der Waals surface area contributed by atoms with Gasteiger partial charge in [-0.1, -0.05) is 0 Å². The van der Waals surface area contributed by atoms with Crippen LogP contribution in [-0.4, -0.2) is 5.91 Å². The van der Waals surface area contributed by atoms with Gasteiger partial charge in [0.15, 0.2) is 0 Å². The second-order valence-electron chi connectivity index (χ2n) is 4.54. The highest BCUT2D eigenvalue weighted by molar-refractivity contribution is 7.17. The molecule has 0 saturated heterocycles. The van der Waals surface area contributed by atoms with E-state index in [1.54, 1.807) is 11.3 Å². The van der Waals surface area contributed by atoms with E-state index >= 15 is 0 Å². The van der Waals surface area contributed by atoms with Crippen molar-refractivity contribution in [3.8, 4) is 6.07 Å². The van der Waals surface area contributed by atoms with E-state index in [2.05, 4.69) is 11.4 Å². The smallest absolute Gasteiger partial charge is 0.266 e. The molecule has 2 aromatic heterocycles. The van der Waals surface area contributed by atoms with Gasteiger partial charge in [0.05, 0.1) is 10.4 Å². The highest BCUT2D eigenvalue weighted by Gasteiger charge is 2.23. The van der Waals surface area contributed by atoms with E-state index in [1.165, 1.54) is 16.2 Å². The second-order valence-corrected chi connectivity index (χ2v) is 6.93. The predicted octanol–water partition coefficient (Wildman–Crippen LogP) is 3.73. The largest absolute Gasteiger partial charge is 0.312 e. The highest BCUT2D eigenvalue weighted by Crippen LogP contribution is 2.38. The molecule has 0 radical (unpaired) electrons. The standard InChI is InChI=1S/C14H12N2OS2/c1-8-5-6-12(18-8)13(17)16-14-10(7-15)9-3-2-4-11(9)19-14/h5-6H,2-4H2,1H3,(H,16,17). The molecule has 3 nitrogen and oxygen atoms in total. The molecule has 1 N–H and O–H groups in total. The normalized spacial score (nSPS) is 13.1. The number of fused-ring (bicyclic) bond motifs is 1. The Kier molecular flexibility index (Phi) is 3.13. The second kappa shape index (κ2) is 4.80. The van der Waals surface area contributed by atoms with Gasteiger partial charge in [-0.3, -0.25) is 4.79 Å². The van der Waals surface area contributed by atoms with Crippen molar-refractivity contribution in [2.75, 3.05) is 5.32 Å². The lowest BCUT2D eigenvalue weighted by molar-refractivity contribution is 0.103. The number of nitrogens with zero attached hydrogens (tertiary/aromatic N) is 1. The first-order chi connectivity index (χ1) is 9.19. The van der Waals surface area contributed by atoms with E-state index in [1.807, 2.05) is 19.1 Å². The summed E-state index contributed by atoms with van der Waals surface area (Å²) in [7, 11) is 0. The molecule has 0 saturated carbocycles. The maximum atomic E-state index is 12.1. The van der Waals surface area contributed by atoms with Crippen LogP contribution in [0.3, 0.4) is 0 Å². The summed E-state index contributed by atoms with van der Waals surface area (Å²) in [5.74, 6) is -0.116. The van der Waals surface area contributed by atoms with Gasteiger partial charge in [0.25, 0.3) is 5.91 Å². The molecule has 3 rings (SSSR count). The number of thiophene rings is 2. The van der Waals surface area contributed by atoms with Gasteiger partial charge in [-0.05, 0) is 43.9 Å². The van der Waals surface area contributed by atoms with E-state index in [-0.39, 0.29) is 5.91 Å². The van der Waals surface area contributed by atoms with Crippen LogP contribution in [0.5, 0.6) is 0 Å². The molecule has 2 aromatic rings. The molecule has 1 aliphatic carbocycles. The zero-order chi connectivity index (χ0) is 13.4. The van der Waals surface area contributed by atoms with Crippen molar-refractivity contribution >= 4 is 33.6 Å². The monoisotopic (exact) mass is 288 g/mol. The van der Waals surface area contributed by atoms with Crippen molar-refractivity contribution in [1.82, 2.24) is 0 Å². The van der Waals surface area contributed by atoms with Crippen LogP contribution in [0.1, 0.15) is 37.0 Å². The van der Waals surface area contributed by atoms with E-state index < -0.39 is 0 Å². The van der Waals surface area contributed by atoms with Crippen LogP contribution in [0.15, 0.2) is 12.1 Å². The van der Waals surface area contributed by atoms with Crippen LogP contribution < -0.4 is 5.32 Å². The number of hydrogen-bond donors (Lipinski definition) is 1. The van der Waals surface area contributed by atoms with Crippen molar-refractivity contribution in [1.29, 1.82) is 5.26 Å². The fraction of sp³-hybridized carbons (Fsp3) is 0.286. The lowest BCUT2D eigenvalue weighted by Gasteiger charge is -2.01. The van der Waals surface area contributed by atoms with E-state index in [0.29, 0.717) is 15.4 Å². The molecule has 19 heavy (non-hydrogen) atoms. The number of nitriles is 1. The van der Waals surface area contributed by atoms with E-state index in [9.17, 15) is 10.1 Å². The first-order valence-electron chi connectivity index (χ1n) is 6.11. The van der Waals surface area contributed by atoms with Gasteiger partial charge >= 0.3 is 0 Å². The molecule has 0 atom stereocenters. The molecular formula is C14H12N2OS2. The molecule has 5 heteroatoms. The van der Waals surface area contributed by atoms with Crippen molar-refractivity contribution < 1.29 is 4.79 Å². The van der Waals surface area contributed by atoms with Gasteiger partial charge in [0.2, 0.25) is 0 Å². The summed E-state index contributed by atoms with van der Waals surface area (Å²) in [4.78, 5) is 15.2. The Morgan fingerprint density at radius 2 is 2.21 bits per heavy atom. The summed E-state index contributed by atoms with van der Waals surface area (Å²) < 4.78 is 0. The van der Waals surface area contributed by atoms with E-state index in [4.69, 9.17) is 0 Å². The van der Waals surface area contributed by atoms with Gasteiger partial charge in [-0.15, -0.1) is 22.7 Å². The topological polar surface area (TPSA) is 52.9 Å². The maximum absolute atomic E-state index is 12.1. The summed E-state index contributed by atoms with van der Waals surface area (Å²) in [5, 5.41) is 12.9. The fourth-order valence-corrected chi connectivity index (χ4v) is 4.33. The third kappa shape index (κ3) is 2.18. The Hall–Kier alpha value is -1.64. The molecule has 0 bridgehead atoms. The average molecular weight is 288 g/mol. The van der Waals surface area contributed by atoms with Crippen molar-refractivity contribution in [2.24, 2.45) is 0 Å². The Balaban J connectivity index is 1.88. The van der Waals surface area contributed by atoms with Crippen LogP contribution >= 0.6 is 22.7 Å². The lowest BCUT2D eigenvalue weighted by atomic mass is 10.1. The number of nitrogens with one attached hydrogen (secondary N) is 1. The molecule has 0 fully saturated rings. The summed E-state index contributed by atoms with van der Waals surface area (Å²) in [6.07, 6.45) is 3.11. The summed E-state index contributed by atoms with van der Waals surface area (Å²) in [6, 6.07) is 5.99. The number of aryl methyl sites for hydroxylation is 2. The zero-order valence-electron chi connectivity index (χ0n) is 10.4. The highest BCUT2D eigenvalue weighted by atomic mass is 32.1. The number of hydrogen-bond acceptors (Lipinski definition) is 4. The number of rotatable bonds is 2. The van der Waals surface area contributed by atoms with Crippen LogP contribution in [0, 0.1) is 18.3 Å². The van der Waals surface area contributed by atoms with Crippen molar-refractivity contribution in [3.63, 3.8) is 0 Å². The Morgan fingerprint density at radius 3 is 2.89 bits per heavy atom. The maximum Gasteiger partial charge on any atom is 0.266 e. The Morgan fingerprint density at radius 1 is 1.37 bits per heavy atom. The Bertz CT molecular complexity index is 691. The van der Waals surface area contributed by atoms with Gasteiger partial charge in [0, 0.05) is 9.75 Å². The molecule has 0 aromatic carbocycles. The molecule has 1 aliphatic rings. The van der Waals surface area contributed by atoms with Gasteiger partial charge in [-0.2, -0.15) is 5.26 Å². The van der Waals surface area contributed by atoms with Crippen LogP contribution in [-0.2, 0) is 12.8 Å². The fourth-order valence-electron chi connectivity index (χ4n) is 2.33. The first kappa shape index (κ1) is 12.4. The van der Waals surface area contributed by atoms with Crippen molar-refractivity contribution in [3.05, 3.63) is 37.9 Å². The molecule has 96 valence electrons. The summed E-state index contributed by atoms with van der Waals surface area (Å²) in [6.45, 7) is 1.97. The molecule has 2 heterocycles. The minimum Gasteiger partial charge on any atom is -0.312 e. The summed E-state index contributed by atoms with van der Waals surface area (Å²) in [5.41, 5.74) is 1.81. The minimum atomic E-state index is -0.116. The molecular weight excluding hydrogens is 276 g/mol. The third-order valence-electron chi connectivity index (χ3n) is 3.22. The lowest BCUT2D eigenvalue weighted by Crippen LogP contribution is -2.10. The summed E-state index contributed by atoms with van der Waals surface area (Å²) >= 11 is 3.02. The van der Waals surface area contributed by atoms with Crippen molar-refractivity contribution in [2.45, 2.75) is 26.2 Å². The SMILES string of the molecule is Cc1ccc(C(=O)Nc2sc3c(c2C#N)CCC3)s1. The Labute approximate surface area is 119 Å².